The lowest BCUT2D eigenvalue weighted by Gasteiger charge is -2.26. The molecule has 8 heteroatoms. The Balaban J connectivity index is 1.48. The van der Waals surface area contributed by atoms with Crippen molar-refractivity contribution in [2.24, 2.45) is 0 Å². The number of hydrogen-bond donors (Lipinski definition) is 1. The molecule has 3 aromatic rings. The molecule has 33 heavy (non-hydrogen) atoms. The van der Waals surface area contributed by atoms with Gasteiger partial charge in [0, 0.05) is 45.0 Å². The second kappa shape index (κ2) is 9.89. The molecule has 0 radical (unpaired) electrons. The molecule has 0 aliphatic carbocycles. The summed E-state index contributed by atoms with van der Waals surface area (Å²) in [4.78, 5) is 2.42. The first-order chi connectivity index (χ1) is 15.8. The van der Waals surface area contributed by atoms with E-state index >= 15 is 0 Å². The normalized spacial score (nSPS) is 14.8. The minimum atomic E-state index is -3.51. The highest BCUT2D eigenvalue weighted by molar-refractivity contribution is 7.89. The van der Waals surface area contributed by atoms with Gasteiger partial charge in [-0.3, -0.25) is 0 Å². The van der Waals surface area contributed by atoms with E-state index in [2.05, 4.69) is 44.7 Å². The van der Waals surface area contributed by atoms with Crippen LogP contribution in [0.1, 0.15) is 30.4 Å². The zero-order chi connectivity index (χ0) is 23.4. The lowest BCUT2D eigenvalue weighted by Crippen LogP contribution is -2.35. The first kappa shape index (κ1) is 23.2. The average Bonchev–Trinajstić information content (AvgIpc) is 2.84. The van der Waals surface area contributed by atoms with Crippen molar-refractivity contribution in [2.45, 2.75) is 37.6 Å². The highest BCUT2D eigenvalue weighted by atomic mass is 32.2. The highest BCUT2D eigenvalue weighted by Crippen LogP contribution is 2.28. The summed E-state index contributed by atoms with van der Waals surface area (Å²) < 4.78 is 28.0. The summed E-state index contributed by atoms with van der Waals surface area (Å²) in [7, 11) is 0.527. The number of aryl methyl sites for hydroxylation is 1. The van der Waals surface area contributed by atoms with Crippen LogP contribution in [0, 0.1) is 6.92 Å². The molecule has 174 valence electrons. The van der Waals surface area contributed by atoms with Crippen LogP contribution in [0.3, 0.4) is 0 Å². The van der Waals surface area contributed by atoms with Gasteiger partial charge in [0.2, 0.25) is 10.0 Å². The van der Waals surface area contributed by atoms with Crippen LogP contribution in [-0.4, -0.2) is 50.1 Å². The van der Waals surface area contributed by atoms with E-state index in [1.165, 1.54) is 0 Å². The summed E-state index contributed by atoms with van der Waals surface area (Å²) in [5.41, 5.74) is 4.44. The average molecular weight is 466 g/mol. The Morgan fingerprint density at radius 1 is 0.939 bits per heavy atom. The van der Waals surface area contributed by atoms with E-state index in [0.717, 1.165) is 41.6 Å². The Kier molecular flexibility index (Phi) is 6.95. The predicted octanol–water partition coefficient (Wildman–Crippen LogP) is 4.30. The number of nitrogens with one attached hydrogen (secondary N) is 1. The molecule has 2 aromatic carbocycles. The third-order valence-corrected chi connectivity index (χ3v) is 8.05. The molecule has 7 nitrogen and oxygen atoms in total. The summed E-state index contributed by atoms with van der Waals surface area (Å²) in [6.07, 6.45) is 2.91. The monoisotopic (exact) mass is 465 g/mol. The van der Waals surface area contributed by atoms with Crippen LogP contribution < -0.4 is 10.2 Å². The number of nitrogens with zero attached hydrogens (tertiary/aromatic N) is 4. The minimum absolute atomic E-state index is 0.354. The summed E-state index contributed by atoms with van der Waals surface area (Å²) in [6.45, 7) is 3.66. The second-order valence-corrected chi connectivity index (χ2v) is 10.6. The fourth-order valence-corrected chi connectivity index (χ4v) is 5.73. The number of piperidine rings is 1. The molecule has 0 spiro atoms. The van der Waals surface area contributed by atoms with Crippen molar-refractivity contribution < 1.29 is 8.42 Å². The van der Waals surface area contributed by atoms with Crippen LogP contribution in [-0.2, 0) is 16.6 Å². The van der Waals surface area contributed by atoms with Crippen molar-refractivity contribution in [3.05, 3.63) is 65.7 Å². The summed E-state index contributed by atoms with van der Waals surface area (Å²) >= 11 is 0. The number of aromatic nitrogens is 2. The van der Waals surface area contributed by atoms with Gasteiger partial charge in [0.15, 0.2) is 0 Å². The minimum Gasteiger partial charge on any atom is -0.378 e. The van der Waals surface area contributed by atoms with E-state index in [0.29, 0.717) is 36.0 Å². The number of benzene rings is 2. The molecule has 1 N–H and O–H groups in total. The molecule has 0 amide bonds. The van der Waals surface area contributed by atoms with Crippen molar-refractivity contribution in [2.75, 3.05) is 37.4 Å². The molecule has 0 saturated carbocycles. The largest absolute Gasteiger partial charge is 0.378 e. The predicted molar refractivity (Wildman–Crippen MR) is 133 cm³/mol. The third-order valence-electron chi connectivity index (χ3n) is 6.01. The zero-order valence-electron chi connectivity index (χ0n) is 19.5. The van der Waals surface area contributed by atoms with Gasteiger partial charge in [-0.15, -0.1) is 10.2 Å². The van der Waals surface area contributed by atoms with Crippen LogP contribution in [0.2, 0.25) is 0 Å². The van der Waals surface area contributed by atoms with Gasteiger partial charge in [-0.2, -0.15) is 4.31 Å². The number of sulfonamides is 1. The van der Waals surface area contributed by atoms with E-state index in [9.17, 15) is 8.42 Å². The molecule has 1 aliphatic heterocycles. The maximum absolute atomic E-state index is 13.2. The molecule has 1 aromatic heterocycles. The Bertz CT molecular complexity index is 1190. The topological polar surface area (TPSA) is 78.4 Å². The van der Waals surface area contributed by atoms with Crippen molar-refractivity contribution in [1.82, 2.24) is 14.5 Å². The van der Waals surface area contributed by atoms with Crippen molar-refractivity contribution in [3.63, 3.8) is 0 Å². The highest BCUT2D eigenvalue weighted by Gasteiger charge is 2.27. The maximum atomic E-state index is 13.2. The molecule has 1 saturated heterocycles. The van der Waals surface area contributed by atoms with Crippen molar-refractivity contribution in [1.29, 1.82) is 0 Å². The van der Waals surface area contributed by atoms with Gasteiger partial charge in [-0.25, -0.2) is 8.42 Å². The third kappa shape index (κ3) is 5.34. The summed E-state index contributed by atoms with van der Waals surface area (Å²) in [6, 6.07) is 17.5. The van der Waals surface area contributed by atoms with Crippen LogP contribution in [0.4, 0.5) is 11.5 Å². The van der Waals surface area contributed by atoms with Gasteiger partial charge in [0.25, 0.3) is 0 Å². The smallest absolute Gasteiger partial charge is 0.243 e. The van der Waals surface area contributed by atoms with E-state index in [1.807, 2.05) is 45.3 Å². The van der Waals surface area contributed by atoms with E-state index in [-0.39, 0.29) is 0 Å². The van der Waals surface area contributed by atoms with Gasteiger partial charge >= 0.3 is 0 Å². The van der Waals surface area contributed by atoms with Crippen LogP contribution >= 0.6 is 0 Å². The van der Waals surface area contributed by atoms with E-state index in [1.54, 1.807) is 10.4 Å². The number of anilines is 2. The lowest BCUT2D eigenvalue weighted by molar-refractivity contribution is 0.346. The quantitative estimate of drug-likeness (QED) is 0.560. The van der Waals surface area contributed by atoms with Gasteiger partial charge in [0.05, 0.1) is 10.6 Å². The Labute approximate surface area is 196 Å². The molecule has 0 atom stereocenters. The molecule has 2 heterocycles. The molecular formula is C25H31N5O2S. The zero-order valence-corrected chi connectivity index (χ0v) is 20.3. The van der Waals surface area contributed by atoms with E-state index in [4.69, 9.17) is 0 Å². The summed E-state index contributed by atoms with van der Waals surface area (Å²) in [5.74, 6) is 0.670. The van der Waals surface area contributed by atoms with Gasteiger partial charge < -0.3 is 10.2 Å². The molecule has 4 rings (SSSR count). The first-order valence-corrected chi connectivity index (χ1v) is 12.7. The van der Waals surface area contributed by atoms with Crippen molar-refractivity contribution in [3.8, 4) is 11.3 Å². The molecule has 0 unspecified atom stereocenters. The maximum Gasteiger partial charge on any atom is 0.243 e. The SMILES string of the molecule is Cc1ccc(-c2ccc(NCc3ccc(N(C)C)cc3)nn2)cc1S(=O)(=O)N1CCCCC1. The fourth-order valence-electron chi connectivity index (χ4n) is 3.97. The second-order valence-electron chi connectivity index (χ2n) is 8.66. The van der Waals surface area contributed by atoms with Gasteiger partial charge in [-0.1, -0.05) is 30.7 Å². The molecular weight excluding hydrogens is 434 g/mol. The van der Waals surface area contributed by atoms with Crippen LogP contribution in [0.5, 0.6) is 0 Å². The standard InChI is InChI=1S/C25H31N5O2S/c1-19-7-10-21(17-24(19)33(31,32)30-15-5-4-6-16-30)23-13-14-25(28-27-23)26-18-20-8-11-22(12-9-20)29(2)3/h7-14,17H,4-6,15-16,18H2,1-3H3,(H,26,28). The molecule has 1 aliphatic rings. The fraction of sp³-hybridized carbons (Fsp3) is 0.360. The number of rotatable bonds is 7. The summed E-state index contributed by atoms with van der Waals surface area (Å²) in [5, 5.41) is 11.9. The first-order valence-electron chi connectivity index (χ1n) is 11.3. The number of hydrogen-bond acceptors (Lipinski definition) is 6. The van der Waals surface area contributed by atoms with Crippen molar-refractivity contribution >= 4 is 21.5 Å². The lowest BCUT2D eigenvalue weighted by atomic mass is 10.1. The Morgan fingerprint density at radius 2 is 1.67 bits per heavy atom. The van der Waals surface area contributed by atoms with Gasteiger partial charge in [0.1, 0.15) is 5.82 Å². The molecule has 0 bridgehead atoms. The van der Waals surface area contributed by atoms with E-state index < -0.39 is 10.0 Å². The Hall–Kier alpha value is -2.97. The molecule has 1 fully saturated rings. The van der Waals surface area contributed by atoms with Crippen LogP contribution in [0.25, 0.3) is 11.3 Å². The Morgan fingerprint density at radius 3 is 2.30 bits per heavy atom. The van der Waals surface area contributed by atoms with Crippen LogP contribution in [0.15, 0.2) is 59.5 Å². The van der Waals surface area contributed by atoms with Gasteiger partial charge in [-0.05, 0) is 61.2 Å².